The van der Waals surface area contributed by atoms with Gasteiger partial charge in [-0.15, -0.1) is 0 Å². The van der Waals surface area contributed by atoms with Crippen LogP contribution in [0.2, 0.25) is 0 Å². The van der Waals surface area contributed by atoms with Crippen LogP contribution >= 0.6 is 0 Å². The van der Waals surface area contributed by atoms with Gasteiger partial charge in [0.1, 0.15) is 34.1 Å². The molecule has 2 fully saturated rings. The van der Waals surface area contributed by atoms with Crippen molar-refractivity contribution in [3.8, 4) is 23.0 Å². The summed E-state index contributed by atoms with van der Waals surface area (Å²) in [5.74, 6) is -0.973. The molecule has 0 unspecified atom stereocenters. The second-order valence-electron chi connectivity index (χ2n) is 7.81. The quantitative estimate of drug-likeness (QED) is 0.296. The van der Waals surface area contributed by atoms with Gasteiger partial charge in [-0.05, 0) is 36.4 Å². The number of carbonyl (C=O) groups is 6. The van der Waals surface area contributed by atoms with Crippen molar-refractivity contribution in [2.45, 2.75) is 0 Å². The number of methoxy groups -OCH3 is 4. The van der Waals surface area contributed by atoms with Crippen LogP contribution < -0.4 is 40.2 Å². The van der Waals surface area contributed by atoms with E-state index in [1.54, 1.807) is 36.4 Å². The van der Waals surface area contributed by atoms with E-state index in [0.29, 0.717) is 34.1 Å². The number of benzene rings is 2. The van der Waals surface area contributed by atoms with E-state index in [-0.39, 0.29) is 11.1 Å². The van der Waals surface area contributed by atoms with Gasteiger partial charge in [-0.25, -0.2) is 9.59 Å². The van der Waals surface area contributed by atoms with Crippen LogP contribution in [0.4, 0.5) is 9.59 Å². The van der Waals surface area contributed by atoms with Crippen molar-refractivity contribution in [2.75, 3.05) is 28.4 Å². The molecule has 0 radical (unpaired) electrons. The fourth-order valence-electron chi connectivity index (χ4n) is 3.40. The van der Waals surface area contributed by atoms with Crippen molar-refractivity contribution in [2.24, 2.45) is 0 Å². The van der Waals surface area contributed by atoms with Crippen molar-refractivity contribution >= 4 is 47.8 Å². The molecule has 0 atom stereocenters. The van der Waals surface area contributed by atoms with Gasteiger partial charge < -0.3 is 18.9 Å². The number of carbonyl (C=O) groups excluding carboxylic acids is 6. The lowest BCUT2D eigenvalue weighted by atomic mass is 10.1. The van der Waals surface area contributed by atoms with Crippen molar-refractivity contribution in [1.82, 2.24) is 21.3 Å². The van der Waals surface area contributed by atoms with Gasteiger partial charge in [-0.1, -0.05) is 0 Å². The first-order chi connectivity index (χ1) is 19.1. The molecule has 4 N–H and O–H groups in total. The van der Waals surface area contributed by atoms with Crippen molar-refractivity contribution in [3.63, 3.8) is 0 Å². The van der Waals surface area contributed by atoms with Crippen LogP contribution in [0.5, 0.6) is 23.0 Å². The minimum Gasteiger partial charge on any atom is -0.497 e. The third-order valence-electron chi connectivity index (χ3n) is 5.37. The van der Waals surface area contributed by atoms with Crippen LogP contribution in [0.3, 0.4) is 0 Å². The van der Waals surface area contributed by atoms with Gasteiger partial charge in [0.05, 0.1) is 28.4 Å². The number of ether oxygens (including phenoxy) is 4. The van der Waals surface area contributed by atoms with Gasteiger partial charge in [0, 0.05) is 23.3 Å². The predicted octanol–water partition coefficient (Wildman–Crippen LogP) is 0.906. The highest BCUT2D eigenvalue weighted by Crippen LogP contribution is 2.28. The third kappa shape index (κ3) is 6.80. The summed E-state index contributed by atoms with van der Waals surface area (Å²) in [6, 6.07) is 8.19. The smallest absolute Gasteiger partial charge is 0.328 e. The maximum Gasteiger partial charge on any atom is 0.328 e. The SMILES string of the molecule is COc1ccc(C=C2C(=O)NC(=O)NC2=O)c(OC)c1.COc1ccc(C=C2C(=O)NC(=O)NC2=O)c(OC)c1. The number of hydrogen-bond donors (Lipinski definition) is 4. The molecular weight excluding hydrogens is 528 g/mol. The van der Waals surface area contributed by atoms with E-state index < -0.39 is 35.7 Å². The average Bonchev–Trinajstić information content (AvgIpc) is 2.93. The number of imide groups is 4. The largest absolute Gasteiger partial charge is 0.497 e. The van der Waals surface area contributed by atoms with Gasteiger partial charge in [0.15, 0.2) is 0 Å². The minimum atomic E-state index is -0.834. The summed E-state index contributed by atoms with van der Waals surface area (Å²) in [7, 11) is 5.95. The van der Waals surface area contributed by atoms with Gasteiger partial charge in [-0.3, -0.25) is 40.4 Å². The Morgan fingerprint density at radius 1 is 0.500 bits per heavy atom. The highest BCUT2D eigenvalue weighted by Gasteiger charge is 2.29. The Bertz CT molecular complexity index is 1310. The van der Waals surface area contributed by atoms with E-state index in [4.69, 9.17) is 18.9 Å². The molecule has 0 bridgehead atoms. The number of nitrogens with one attached hydrogen (secondary N) is 4. The molecule has 14 heteroatoms. The minimum absolute atomic E-state index is 0.173. The standard InChI is InChI=1S/2C13H12N2O5/c2*1-19-8-4-3-7(10(6-8)20-2)5-9-11(16)14-13(18)15-12(9)17/h2*3-6H,1-2H3,(H2,14,15,16,17,18). The van der Waals surface area contributed by atoms with E-state index in [1.165, 1.54) is 40.6 Å². The maximum atomic E-state index is 11.6. The molecule has 2 aromatic carbocycles. The lowest BCUT2D eigenvalue weighted by molar-refractivity contribution is -0.125. The maximum absolute atomic E-state index is 11.6. The molecule has 40 heavy (non-hydrogen) atoms. The Kier molecular flexibility index (Phi) is 9.20. The molecule has 14 nitrogen and oxygen atoms in total. The first-order valence-electron chi connectivity index (χ1n) is 11.3. The van der Waals surface area contributed by atoms with E-state index in [0.717, 1.165) is 0 Å². The zero-order valence-electron chi connectivity index (χ0n) is 21.7. The van der Waals surface area contributed by atoms with Gasteiger partial charge >= 0.3 is 12.1 Å². The van der Waals surface area contributed by atoms with Gasteiger partial charge in [0.25, 0.3) is 23.6 Å². The van der Waals surface area contributed by atoms with E-state index in [1.807, 2.05) is 21.3 Å². The average molecular weight is 552 g/mol. The molecular formula is C26H24N4O10. The fraction of sp³-hybridized carbons (Fsp3) is 0.154. The van der Waals surface area contributed by atoms with Crippen molar-refractivity contribution in [1.29, 1.82) is 0 Å². The summed E-state index contributed by atoms with van der Waals surface area (Å²) in [5, 5.41) is 7.99. The van der Waals surface area contributed by atoms with Crippen LogP contribution in [0.25, 0.3) is 12.2 Å². The Morgan fingerprint density at radius 3 is 1.10 bits per heavy atom. The molecule has 0 aromatic heterocycles. The van der Waals surface area contributed by atoms with Crippen LogP contribution in [0.15, 0.2) is 47.5 Å². The van der Waals surface area contributed by atoms with E-state index in [2.05, 4.69) is 0 Å². The van der Waals surface area contributed by atoms with Gasteiger partial charge in [-0.2, -0.15) is 0 Å². The van der Waals surface area contributed by atoms with Crippen molar-refractivity contribution in [3.05, 3.63) is 58.7 Å². The first kappa shape index (κ1) is 28.9. The first-order valence-corrected chi connectivity index (χ1v) is 11.3. The molecule has 0 saturated carbocycles. The summed E-state index contributed by atoms with van der Waals surface area (Å²) in [6.07, 6.45) is 2.69. The lowest BCUT2D eigenvalue weighted by Gasteiger charge is -2.14. The van der Waals surface area contributed by atoms with Crippen molar-refractivity contribution < 1.29 is 47.7 Å². The predicted molar refractivity (Wildman–Crippen MR) is 138 cm³/mol. The Balaban J connectivity index is 0.000000220. The third-order valence-corrected chi connectivity index (χ3v) is 5.37. The molecule has 2 aromatic rings. The van der Waals surface area contributed by atoms with Crippen LogP contribution in [0, 0.1) is 0 Å². The molecule has 8 amide bonds. The molecule has 2 heterocycles. The van der Waals surface area contributed by atoms with Crippen LogP contribution in [0.1, 0.15) is 11.1 Å². The molecule has 2 aliphatic heterocycles. The number of rotatable bonds is 6. The molecule has 208 valence electrons. The van der Waals surface area contributed by atoms with E-state index in [9.17, 15) is 28.8 Å². The monoisotopic (exact) mass is 552 g/mol. The summed E-state index contributed by atoms with van der Waals surface area (Å²) < 4.78 is 20.4. The summed E-state index contributed by atoms with van der Waals surface area (Å²) in [5.41, 5.74) is 0.687. The molecule has 2 saturated heterocycles. The lowest BCUT2D eigenvalue weighted by Crippen LogP contribution is -2.51. The zero-order valence-corrected chi connectivity index (χ0v) is 21.7. The summed E-state index contributed by atoms with van der Waals surface area (Å²) >= 11 is 0. The zero-order chi connectivity index (χ0) is 29.4. The number of urea groups is 2. The molecule has 0 aliphatic carbocycles. The van der Waals surface area contributed by atoms with Crippen LogP contribution in [-0.4, -0.2) is 64.1 Å². The highest BCUT2D eigenvalue weighted by atomic mass is 16.5. The Hall–Kier alpha value is -5.66. The summed E-state index contributed by atoms with van der Waals surface area (Å²) in [4.78, 5) is 68.4. The highest BCUT2D eigenvalue weighted by molar-refractivity contribution is 6.31. The van der Waals surface area contributed by atoms with E-state index >= 15 is 0 Å². The normalized spacial score (nSPS) is 14.5. The second-order valence-corrected chi connectivity index (χ2v) is 7.81. The fourth-order valence-corrected chi connectivity index (χ4v) is 3.40. The molecule has 2 aliphatic rings. The Labute approximate surface area is 227 Å². The Morgan fingerprint density at radius 2 is 0.825 bits per heavy atom. The van der Waals surface area contributed by atoms with Gasteiger partial charge in [0.2, 0.25) is 0 Å². The number of barbiturate groups is 2. The topological polar surface area (TPSA) is 187 Å². The number of hydrogen-bond acceptors (Lipinski definition) is 10. The van der Waals surface area contributed by atoms with Crippen LogP contribution in [-0.2, 0) is 19.2 Å². The summed E-state index contributed by atoms with van der Waals surface area (Å²) in [6.45, 7) is 0. The second kappa shape index (κ2) is 12.7. The molecule has 4 rings (SSSR count). The number of amides is 8. The molecule has 0 spiro atoms.